The zero-order valence-corrected chi connectivity index (χ0v) is 17.4. The first kappa shape index (κ1) is 20.1. The molecule has 0 fully saturated rings. The first-order chi connectivity index (χ1) is 13.5. The lowest BCUT2D eigenvalue weighted by Gasteiger charge is -2.13. The third-order valence-corrected chi connectivity index (χ3v) is 5.85. The van der Waals surface area contributed by atoms with E-state index >= 15 is 0 Å². The molecule has 0 aliphatic carbocycles. The molecule has 2 aromatic heterocycles. The maximum atomic E-state index is 12.6. The molecule has 0 aliphatic rings. The molecule has 0 aliphatic heterocycles. The standard InChI is InChI=1S/C19H21N5O2S2/c1-4-24-17(16-6-5-11-27-16)22-23-19(24)28-12(2)18(26)21-15-9-7-14(8-10-15)20-13(3)25/h5-12H,4H2,1-3H3,(H,20,25)(H,21,26)/t12-/m1/s1. The Morgan fingerprint density at radius 3 is 2.39 bits per heavy atom. The van der Waals surface area contributed by atoms with Gasteiger partial charge in [-0.05, 0) is 49.6 Å². The van der Waals surface area contributed by atoms with Crippen molar-refractivity contribution in [1.82, 2.24) is 14.8 Å². The molecule has 0 spiro atoms. The van der Waals surface area contributed by atoms with Crippen molar-refractivity contribution in [1.29, 1.82) is 0 Å². The summed E-state index contributed by atoms with van der Waals surface area (Å²) >= 11 is 2.99. The Morgan fingerprint density at radius 2 is 1.82 bits per heavy atom. The first-order valence-electron chi connectivity index (χ1n) is 8.80. The molecule has 0 unspecified atom stereocenters. The Balaban J connectivity index is 1.65. The number of carbonyl (C=O) groups excluding carboxylic acids is 2. The molecule has 0 saturated carbocycles. The molecule has 1 atom stereocenters. The number of thiophene rings is 1. The maximum Gasteiger partial charge on any atom is 0.237 e. The van der Waals surface area contributed by atoms with Gasteiger partial charge < -0.3 is 15.2 Å². The van der Waals surface area contributed by atoms with E-state index in [0.717, 1.165) is 22.4 Å². The van der Waals surface area contributed by atoms with E-state index in [9.17, 15) is 9.59 Å². The van der Waals surface area contributed by atoms with E-state index in [-0.39, 0.29) is 17.1 Å². The van der Waals surface area contributed by atoms with Crippen LogP contribution in [0.15, 0.2) is 46.9 Å². The van der Waals surface area contributed by atoms with Crippen molar-refractivity contribution in [2.45, 2.75) is 37.7 Å². The second-order valence-electron chi connectivity index (χ2n) is 6.04. The highest BCUT2D eigenvalue weighted by molar-refractivity contribution is 8.00. The summed E-state index contributed by atoms with van der Waals surface area (Å²) in [7, 11) is 0. The summed E-state index contributed by atoms with van der Waals surface area (Å²) in [6, 6.07) is 11.0. The van der Waals surface area contributed by atoms with Crippen LogP contribution in [0.25, 0.3) is 10.7 Å². The van der Waals surface area contributed by atoms with Crippen molar-refractivity contribution in [3.8, 4) is 10.7 Å². The van der Waals surface area contributed by atoms with Crippen LogP contribution in [0.4, 0.5) is 11.4 Å². The van der Waals surface area contributed by atoms with Crippen molar-refractivity contribution in [2.24, 2.45) is 0 Å². The topological polar surface area (TPSA) is 88.9 Å². The molecule has 9 heteroatoms. The smallest absolute Gasteiger partial charge is 0.237 e. The van der Waals surface area contributed by atoms with Crippen LogP contribution in [0.5, 0.6) is 0 Å². The number of amides is 2. The SMILES string of the molecule is CCn1c(S[C@H](C)C(=O)Nc2ccc(NC(C)=O)cc2)nnc1-c1cccs1. The summed E-state index contributed by atoms with van der Waals surface area (Å²) in [6.45, 7) is 6.05. The lowest BCUT2D eigenvalue weighted by molar-refractivity contribution is -0.115. The summed E-state index contributed by atoms with van der Waals surface area (Å²) in [4.78, 5) is 24.7. The van der Waals surface area contributed by atoms with Gasteiger partial charge in [0.05, 0.1) is 10.1 Å². The molecule has 2 N–H and O–H groups in total. The fourth-order valence-corrected chi connectivity index (χ4v) is 4.17. The molecule has 3 aromatic rings. The van der Waals surface area contributed by atoms with Gasteiger partial charge in [-0.15, -0.1) is 21.5 Å². The van der Waals surface area contributed by atoms with Crippen LogP contribution >= 0.6 is 23.1 Å². The van der Waals surface area contributed by atoms with E-state index in [0.29, 0.717) is 11.4 Å². The van der Waals surface area contributed by atoms with E-state index in [1.165, 1.54) is 18.7 Å². The maximum absolute atomic E-state index is 12.6. The van der Waals surface area contributed by atoms with Gasteiger partial charge in [0.15, 0.2) is 11.0 Å². The third kappa shape index (κ3) is 4.79. The second-order valence-corrected chi connectivity index (χ2v) is 8.29. The lowest BCUT2D eigenvalue weighted by atomic mass is 10.2. The molecule has 0 radical (unpaired) electrons. The number of thioether (sulfide) groups is 1. The number of aromatic nitrogens is 3. The Bertz CT molecular complexity index is 951. The summed E-state index contributed by atoms with van der Waals surface area (Å²) in [5.74, 6) is 0.561. The van der Waals surface area contributed by atoms with Gasteiger partial charge in [0.2, 0.25) is 11.8 Å². The lowest BCUT2D eigenvalue weighted by Crippen LogP contribution is -2.23. The molecule has 2 amide bonds. The number of rotatable bonds is 7. The number of hydrogen-bond acceptors (Lipinski definition) is 6. The van der Waals surface area contributed by atoms with Crippen LogP contribution in [-0.4, -0.2) is 31.8 Å². The van der Waals surface area contributed by atoms with Gasteiger partial charge in [0.1, 0.15) is 0 Å². The Labute approximate surface area is 171 Å². The Kier molecular flexibility index (Phi) is 6.48. The van der Waals surface area contributed by atoms with Crippen LogP contribution in [-0.2, 0) is 16.1 Å². The highest BCUT2D eigenvalue weighted by Crippen LogP contribution is 2.29. The summed E-state index contributed by atoms with van der Waals surface area (Å²) in [5, 5.41) is 16.5. The van der Waals surface area contributed by atoms with E-state index in [2.05, 4.69) is 20.8 Å². The quantitative estimate of drug-likeness (QED) is 0.567. The highest BCUT2D eigenvalue weighted by atomic mass is 32.2. The van der Waals surface area contributed by atoms with Crippen LogP contribution in [0.3, 0.4) is 0 Å². The predicted molar refractivity (Wildman–Crippen MR) is 114 cm³/mol. The van der Waals surface area contributed by atoms with Crippen molar-refractivity contribution in [3.05, 3.63) is 41.8 Å². The van der Waals surface area contributed by atoms with Gasteiger partial charge in [0.25, 0.3) is 0 Å². The monoisotopic (exact) mass is 415 g/mol. The number of hydrogen-bond donors (Lipinski definition) is 2. The van der Waals surface area contributed by atoms with Crippen molar-refractivity contribution in [3.63, 3.8) is 0 Å². The summed E-state index contributed by atoms with van der Waals surface area (Å²) < 4.78 is 2.02. The molecular formula is C19H21N5O2S2. The Morgan fingerprint density at radius 1 is 1.14 bits per heavy atom. The van der Waals surface area contributed by atoms with E-state index in [1.54, 1.807) is 35.6 Å². The van der Waals surface area contributed by atoms with E-state index in [1.807, 2.05) is 35.9 Å². The molecular weight excluding hydrogens is 394 g/mol. The Hall–Kier alpha value is -2.65. The van der Waals surface area contributed by atoms with Crippen LogP contribution in [0.2, 0.25) is 0 Å². The number of anilines is 2. The average Bonchev–Trinajstić information content (AvgIpc) is 3.32. The van der Waals surface area contributed by atoms with Gasteiger partial charge in [-0.1, -0.05) is 17.8 Å². The number of benzene rings is 1. The van der Waals surface area contributed by atoms with E-state index < -0.39 is 0 Å². The largest absolute Gasteiger partial charge is 0.326 e. The summed E-state index contributed by atoms with van der Waals surface area (Å²) in [5.41, 5.74) is 1.35. The minimum absolute atomic E-state index is 0.124. The zero-order valence-electron chi connectivity index (χ0n) is 15.8. The molecule has 28 heavy (non-hydrogen) atoms. The normalized spacial score (nSPS) is 11.8. The second kappa shape index (κ2) is 9.03. The van der Waals surface area contributed by atoms with Crippen LogP contribution < -0.4 is 10.6 Å². The van der Waals surface area contributed by atoms with Crippen LogP contribution in [0, 0.1) is 0 Å². The minimum atomic E-state index is -0.347. The predicted octanol–water partition coefficient (Wildman–Crippen LogP) is 4.10. The first-order valence-corrected chi connectivity index (χ1v) is 10.6. The summed E-state index contributed by atoms with van der Waals surface area (Å²) in [6.07, 6.45) is 0. The van der Waals surface area contributed by atoms with Crippen molar-refractivity contribution >= 4 is 46.3 Å². The van der Waals surface area contributed by atoms with E-state index in [4.69, 9.17) is 0 Å². The average molecular weight is 416 g/mol. The molecule has 1 aromatic carbocycles. The fourth-order valence-electron chi connectivity index (χ4n) is 2.54. The fraction of sp³-hybridized carbons (Fsp3) is 0.263. The van der Waals surface area contributed by atoms with Gasteiger partial charge in [-0.3, -0.25) is 9.59 Å². The minimum Gasteiger partial charge on any atom is -0.326 e. The highest BCUT2D eigenvalue weighted by Gasteiger charge is 2.20. The molecule has 7 nitrogen and oxygen atoms in total. The van der Waals surface area contributed by atoms with Crippen LogP contribution in [0.1, 0.15) is 20.8 Å². The van der Waals surface area contributed by atoms with Crippen molar-refractivity contribution < 1.29 is 9.59 Å². The molecule has 0 saturated heterocycles. The number of carbonyl (C=O) groups is 2. The molecule has 146 valence electrons. The molecule has 3 rings (SSSR count). The van der Waals surface area contributed by atoms with Gasteiger partial charge in [-0.2, -0.15) is 0 Å². The van der Waals surface area contributed by atoms with Gasteiger partial charge in [0, 0.05) is 24.8 Å². The third-order valence-electron chi connectivity index (χ3n) is 3.90. The number of nitrogens with zero attached hydrogens (tertiary/aromatic N) is 3. The number of nitrogens with one attached hydrogen (secondary N) is 2. The molecule has 0 bridgehead atoms. The molecule has 2 heterocycles. The zero-order chi connectivity index (χ0) is 20.1. The van der Waals surface area contributed by atoms with Gasteiger partial charge in [-0.25, -0.2) is 0 Å². The van der Waals surface area contributed by atoms with Gasteiger partial charge >= 0.3 is 0 Å². The van der Waals surface area contributed by atoms with Crippen molar-refractivity contribution in [2.75, 3.05) is 10.6 Å².